The minimum absolute atomic E-state index is 0.302. The van der Waals surface area contributed by atoms with Gasteiger partial charge in [-0.1, -0.05) is 15.9 Å². The second-order valence-electron chi connectivity index (χ2n) is 2.60. The molecular formula is C10H4BrN5. The van der Waals surface area contributed by atoms with Gasteiger partial charge in [-0.05, 0) is 18.2 Å². The lowest BCUT2D eigenvalue weighted by Gasteiger charge is -2.02. The molecule has 1 N–H and O–H groups in total. The van der Waals surface area contributed by atoms with Gasteiger partial charge in [0.15, 0.2) is 0 Å². The first kappa shape index (κ1) is 11.7. The van der Waals surface area contributed by atoms with Crippen LogP contribution in [0.2, 0.25) is 0 Å². The van der Waals surface area contributed by atoms with Gasteiger partial charge in [0.05, 0.1) is 11.3 Å². The van der Waals surface area contributed by atoms with Crippen molar-refractivity contribution >= 4 is 27.3 Å². The number of nitriles is 3. The summed E-state index contributed by atoms with van der Waals surface area (Å²) >= 11 is 3.24. The molecule has 0 fully saturated rings. The van der Waals surface area contributed by atoms with Crippen molar-refractivity contribution in [1.29, 1.82) is 15.8 Å². The maximum absolute atomic E-state index is 8.81. The van der Waals surface area contributed by atoms with Gasteiger partial charge in [0, 0.05) is 4.47 Å². The van der Waals surface area contributed by atoms with Crippen molar-refractivity contribution in [3.05, 3.63) is 28.2 Å². The third kappa shape index (κ3) is 2.81. The number of halogens is 1. The van der Waals surface area contributed by atoms with E-state index in [4.69, 9.17) is 15.8 Å². The molecule has 0 heterocycles. The highest BCUT2D eigenvalue weighted by atomic mass is 79.9. The predicted molar refractivity (Wildman–Crippen MR) is 61.1 cm³/mol. The Balaban J connectivity index is 3.04. The fourth-order valence-electron chi connectivity index (χ4n) is 0.898. The second kappa shape index (κ2) is 5.50. The average molecular weight is 274 g/mol. The lowest BCUT2D eigenvalue weighted by atomic mass is 10.2. The summed E-state index contributed by atoms with van der Waals surface area (Å²) in [6.45, 7) is 0. The van der Waals surface area contributed by atoms with Crippen molar-refractivity contribution in [2.75, 3.05) is 5.43 Å². The van der Waals surface area contributed by atoms with Gasteiger partial charge in [-0.15, -0.1) is 0 Å². The highest BCUT2D eigenvalue weighted by molar-refractivity contribution is 9.10. The van der Waals surface area contributed by atoms with Gasteiger partial charge in [0.1, 0.15) is 18.2 Å². The highest BCUT2D eigenvalue weighted by Gasteiger charge is 2.02. The van der Waals surface area contributed by atoms with E-state index in [2.05, 4.69) is 26.5 Å². The van der Waals surface area contributed by atoms with Crippen LogP contribution in [-0.2, 0) is 0 Å². The first-order valence-electron chi connectivity index (χ1n) is 4.05. The molecule has 0 bridgehead atoms. The maximum Gasteiger partial charge on any atom is 0.237 e. The smallest absolute Gasteiger partial charge is 0.237 e. The molecule has 1 aromatic rings. The largest absolute Gasteiger partial charge is 0.275 e. The third-order valence-corrected chi connectivity index (χ3v) is 2.10. The van der Waals surface area contributed by atoms with Crippen LogP contribution in [-0.4, -0.2) is 5.71 Å². The molecule has 0 spiro atoms. The molecular weight excluding hydrogens is 270 g/mol. The van der Waals surface area contributed by atoms with E-state index in [0.29, 0.717) is 11.3 Å². The molecule has 0 radical (unpaired) electrons. The summed E-state index contributed by atoms with van der Waals surface area (Å²) in [5.41, 5.74) is 3.00. The first-order valence-corrected chi connectivity index (χ1v) is 4.84. The molecule has 1 aromatic carbocycles. The van der Waals surface area contributed by atoms with Crippen LogP contribution in [0, 0.1) is 34.0 Å². The number of hydrogen-bond donors (Lipinski definition) is 1. The van der Waals surface area contributed by atoms with Crippen molar-refractivity contribution in [2.24, 2.45) is 5.10 Å². The van der Waals surface area contributed by atoms with Crippen LogP contribution in [0.5, 0.6) is 0 Å². The van der Waals surface area contributed by atoms with Crippen LogP contribution in [0.1, 0.15) is 5.56 Å². The van der Waals surface area contributed by atoms with Gasteiger partial charge >= 0.3 is 0 Å². The van der Waals surface area contributed by atoms with E-state index in [0.717, 1.165) is 4.47 Å². The van der Waals surface area contributed by atoms with E-state index in [1.807, 2.05) is 6.07 Å². The molecule has 0 saturated carbocycles. The van der Waals surface area contributed by atoms with E-state index in [1.54, 1.807) is 30.3 Å². The van der Waals surface area contributed by atoms with Gasteiger partial charge in [-0.25, -0.2) is 0 Å². The fourth-order valence-corrected chi connectivity index (χ4v) is 1.26. The molecule has 16 heavy (non-hydrogen) atoms. The molecule has 0 aliphatic rings. The Kier molecular flexibility index (Phi) is 4.03. The standard InChI is InChI=1S/C10H4BrN5/c11-8-2-1-7(4-12)10(3-8)16-15-9(5-13)6-14/h1-3,16H. The molecule has 0 amide bonds. The minimum atomic E-state index is -0.302. The molecule has 6 heteroatoms. The molecule has 0 unspecified atom stereocenters. The lowest BCUT2D eigenvalue weighted by Crippen LogP contribution is -1.98. The molecule has 1 rings (SSSR count). The monoisotopic (exact) mass is 273 g/mol. The fraction of sp³-hybridized carbons (Fsp3) is 0. The Bertz CT molecular complexity index is 540. The Hall–Kier alpha value is -2.36. The zero-order valence-electron chi connectivity index (χ0n) is 7.90. The highest BCUT2D eigenvalue weighted by Crippen LogP contribution is 2.20. The maximum atomic E-state index is 8.81. The van der Waals surface area contributed by atoms with E-state index in [9.17, 15) is 0 Å². The minimum Gasteiger partial charge on any atom is -0.275 e. The van der Waals surface area contributed by atoms with Gasteiger partial charge in [-0.2, -0.15) is 20.9 Å². The average Bonchev–Trinajstić information content (AvgIpc) is 2.30. The van der Waals surface area contributed by atoms with Crippen LogP contribution in [0.15, 0.2) is 27.8 Å². The summed E-state index contributed by atoms with van der Waals surface area (Å²) in [4.78, 5) is 0. The number of rotatable bonds is 2. The van der Waals surface area contributed by atoms with Gasteiger partial charge in [-0.3, -0.25) is 5.43 Å². The molecule has 5 nitrogen and oxygen atoms in total. The predicted octanol–water partition coefficient (Wildman–Crippen LogP) is 2.14. The van der Waals surface area contributed by atoms with Crippen molar-refractivity contribution in [2.45, 2.75) is 0 Å². The van der Waals surface area contributed by atoms with E-state index in [1.165, 1.54) is 0 Å². The number of benzene rings is 1. The number of nitrogens with one attached hydrogen (secondary N) is 1. The zero-order valence-corrected chi connectivity index (χ0v) is 9.48. The molecule has 0 atom stereocenters. The number of hydrazone groups is 1. The van der Waals surface area contributed by atoms with Gasteiger partial charge in [0.25, 0.3) is 0 Å². The topological polar surface area (TPSA) is 95.8 Å². The Labute approximate surface area is 100 Å². The van der Waals surface area contributed by atoms with Crippen molar-refractivity contribution in [1.82, 2.24) is 0 Å². The van der Waals surface area contributed by atoms with Crippen molar-refractivity contribution in [3.63, 3.8) is 0 Å². The number of nitrogens with zero attached hydrogens (tertiary/aromatic N) is 4. The van der Waals surface area contributed by atoms with Crippen LogP contribution in [0.25, 0.3) is 0 Å². The summed E-state index contributed by atoms with van der Waals surface area (Å²) in [7, 11) is 0. The summed E-state index contributed by atoms with van der Waals surface area (Å²) in [6.07, 6.45) is 0. The van der Waals surface area contributed by atoms with Crippen LogP contribution in [0.4, 0.5) is 5.69 Å². The van der Waals surface area contributed by atoms with Crippen LogP contribution < -0.4 is 5.43 Å². The van der Waals surface area contributed by atoms with Gasteiger partial charge in [0.2, 0.25) is 5.71 Å². The van der Waals surface area contributed by atoms with E-state index in [-0.39, 0.29) is 5.71 Å². The number of anilines is 1. The molecule has 0 aliphatic carbocycles. The zero-order chi connectivity index (χ0) is 12.0. The summed E-state index contributed by atoms with van der Waals surface area (Å²) in [5, 5.41) is 29.3. The third-order valence-electron chi connectivity index (χ3n) is 1.60. The van der Waals surface area contributed by atoms with E-state index < -0.39 is 0 Å². The summed E-state index contributed by atoms with van der Waals surface area (Å²) in [6, 6.07) is 10.1. The van der Waals surface area contributed by atoms with Crippen LogP contribution >= 0.6 is 15.9 Å². The summed E-state index contributed by atoms with van der Waals surface area (Å²) in [5.74, 6) is 0. The van der Waals surface area contributed by atoms with Crippen molar-refractivity contribution in [3.8, 4) is 18.2 Å². The normalized spacial score (nSPS) is 8.12. The van der Waals surface area contributed by atoms with Crippen molar-refractivity contribution < 1.29 is 0 Å². The lowest BCUT2D eigenvalue weighted by molar-refractivity contribution is 1.32. The molecule has 76 valence electrons. The van der Waals surface area contributed by atoms with Gasteiger partial charge < -0.3 is 0 Å². The summed E-state index contributed by atoms with van der Waals surface area (Å²) < 4.78 is 0.764. The Morgan fingerprint density at radius 1 is 1.25 bits per heavy atom. The second-order valence-corrected chi connectivity index (χ2v) is 3.51. The Morgan fingerprint density at radius 3 is 2.50 bits per heavy atom. The number of hydrogen-bond acceptors (Lipinski definition) is 5. The first-order chi connectivity index (χ1) is 7.71. The SMILES string of the molecule is N#CC(C#N)=NNc1cc(Br)ccc1C#N. The van der Waals surface area contributed by atoms with Crippen LogP contribution in [0.3, 0.4) is 0 Å². The quantitative estimate of drug-likeness (QED) is 0.660. The molecule has 0 saturated heterocycles. The van der Waals surface area contributed by atoms with E-state index >= 15 is 0 Å². The molecule has 0 aliphatic heterocycles. The molecule has 0 aromatic heterocycles. The Morgan fingerprint density at radius 2 is 1.94 bits per heavy atom.